The highest BCUT2D eigenvalue weighted by atomic mass is 79.9. The Kier molecular flexibility index (Phi) is 5.32. The standard InChI is InChI=1S/C14H15BrN4O4/c1-9-11(15)8-18(17-9)6-5-14(20)16-12-4-3-10(19(21)22)7-13(12)23-2/h3-4,7-8H,5-6H2,1-2H3,(H,16,20). The smallest absolute Gasteiger partial charge is 0.273 e. The van der Waals surface area contributed by atoms with Gasteiger partial charge in [-0.2, -0.15) is 5.10 Å². The van der Waals surface area contributed by atoms with Crippen molar-refractivity contribution >= 4 is 33.2 Å². The van der Waals surface area contributed by atoms with Crippen molar-refractivity contribution in [2.75, 3.05) is 12.4 Å². The predicted octanol–water partition coefficient (Wildman–Crippen LogP) is 2.90. The van der Waals surface area contributed by atoms with E-state index in [-0.39, 0.29) is 23.8 Å². The van der Waals surface area contributed by atoms with Gasteiger partial charge in [0.05, 0.1) is 34.0 Å². The summed E-state index contributed by atoms with van der Waals surface area (Å²) in [5.74, 6) is 0.00616. The molecule has 0 saturated heterocycles. The van der Waals surface area contributed by atoms with Gasteiger partial charge in [0.25, 0.3) is 5.69 Å². The van der Waals surface area contributed by atoms with Crippen LogP contribution >= 0.6 is 15.9 Å². The molecule has 0 radical (unpaired) electrons. The molecule has 0 atom stereocenters. The van der Waals surface area contributed by atoms with E-state index < -0.39 is 4.92 Å². The lowest BCUT2D eigenvalue weighted by Gasteiger charge is -2.10. The Morgan fingerprint density at radius 2 is 2.26 bits per heavy atom. The SMILES string of the molecule is COc1cc([N+](=O)[O-])ccc1NC(=O)CCn1cc(Br)c(C)n1. The Morgan fingerprint density at radius 1 is 1.52 bits per heavy atom. The summed E-state index contributed by atoms with van der Waals surface area (Å²) in [6.45, 7) is 2.29. The molecule has 1 aromatic heterocycles. The van der Waals surface area contributed by atoms with E-state index in [1.54, 1.807) is 10.9 Å². The number of benzene rings is 1. The molecule has 0 bridgehead atoms. The normalized spacial score (nSPS) is 10.4. The predicted molar refractivity (Wildman–Crippen MR) is 87.6 cm³/mol. The summed E-state index contributed by atoms with van der Waals surface area (Å²) < 4.78 is 7.63. The third-order valence-corrected chi connectivity index (χ3v) is 3.90. The Hall–Kier alpha value is -2.42. The molecule has 1 amide bonds. The molecule has 0 fully saturated rings. The summed E-state index contributed by atoms with van der Waals surface area (Å²) in [5.41, 5.74) is 1.14. The number of nitro groups is 1. The number of anilines is 1. The van der Waals surface area contributed by atoms with Crippen molar-refractivity contribution in [2.24, 2.45) is 0 Å². The van der Waals surface area contributed by atoms with Crippen LogP contribution in [0, 0.1) is 17.0 Å². The zero-order valence-corrected chi connectivity index (χ0v) is 14.2. The number of methoxy groups -OCH3 is 1. The average molecular weight is 383 g/mol. The average Bonchev–Trinajstić information content (AvgIpc) is 2.84. The summed E-state index contributed by atoms with van der Waals surface area (Å²) in [6.07, 6.45) is 2.02. The zero-order valence-electron chi connectivity index (χ0n) is 12.6. The fourth-order valence-electron chi connectivity index (χ4n) is 1.93. The first-order valence-electron chi connectivity index (χ1n) is 6.72. The lowest BCUT2D eigenvalue weighted by Crippen LogP contribution is -2.15. The van der Waals surface area contributed by atoms with Gasteiger partial charge in [0.15, 0.2) is 0 Å². The van der Waals surface area contributed by atoms with Crippen LogP contribution in [0.15, 0.2) is 28.9 Å². The van der Waals surface area contributed by atoms with E-state index in [9.17, 15) is 14.9 Å². The molecule has 0 aliphatic carbocycles. The number of amides is 1. The fraction of sp³-hybridized carbons (Fsp3) is 0.286. The van der Waals surface area contributed by atoms with E-state index in [2.05, 4.69) is 26.3 Å². The molecule has 122 valence electrons. The minimum absolute atomic E-state index is 0.100. The molecule has 9 heteroatoms. The topological polar surface area (TPSA) is 99.3 Å². The van der Waals surface area contributed by atoms with Crippen molar-refractivity contribution in [1.82, 2.24) is 9.78 Å². The monoisotopic (exact) mass is 382 g/mol. The molecule has 0 spiro atoms. The third kappa shape index (κ3) is 4.28. The molecule has 0 aliphatic rings. The fourth-order valence-corrected chi connectivity index (χ4v) is 2.25. The van der Waals surface area contributed by atoms with Crippen LogP contribution in [0.3, 0.4) is 0 Å². The number of nitro benzene ring substituents is 1. The van der Waals surface area contributed by atoms with Gasteiger partial charge in [-0.25, -0.2) is 0 Å². The molecule has 1 aromatic carbocycles. The van der Waals surface area contributed by atoms with Gasteiger partial charge in [0, 0.05) is 25.2 Å². The second-order valence-corrected chi connectivity index (χ2v) is 5.62. The number of nitrogens with one attached hydrogen (secondary N) is 1. The van der Waals surface area contributed by atoms with Crippen LogP contribution in [0.25, 0.3) is 0 Å². The second-order valence-electron chi connectivity index (χ2n) is 4.77. The molecule has 1 N–H and O–H groups in total. The Morgan fingerprint density at radius 3 is 2.83 bits per heavy atom. The van der Waals surface area contributed by atoms with E-state index in [1.165, 1.54) is 25.3 Å². The minimum Gasteiger partial charge on any atom is -0.494 e. The highest BCUT2D eigenvalue weighted by Gasteiger charge is 2.13. The summed E-state index contributed by atoms with van der Waals surface area (Å²) in [6, 6.07) is 4.03. The molecular formula is C14H15BrN4O4. The van der Waals surface area contributed by atoms with Crippen LogP contribution in [0.5, 0.6) is 5.75 Å². The van der Waals surface area contributed by atoms with Crippen molar-refractivity contribution in [3.05, 3.63) is 44.7 Å². The number of hydrogen-bond donors (Lipinski definition) is 1. The quantitative estimate of drug-likeness (QED) is 0.611. The van der Waals surface area contributed by atoms with Crippen LogP contribution in [0.2, 0.25) is 0 Å². The van der Waals surface area contributed by atoms with Crippen molar-refractivity contribution in [3.8, 4) is 5.75 Å². The molecular weight excluding hydrogens is 368 g/mol. The molecule has 2 aromatic rings. The first-order chi connectivity index (χ1) is 10.9. The third-order valence-electron chi connectivity index (χ3n) is 3.12. The summed E-state index contributed by atoms with van der Waals surface area (Å²) in [7, 11) is 1.39. The largest absolute Gasteiger partial charge is 0.494 e. The molecule has 23 heavy (non-hydrogen) atoms. The number of hydrogen-bond acceptors (Lipinski definition) is 5. The summed E-state index contributed by atoms with van der Waals surface area (Å²) in [5, 5.41) is 17.7. The van der Waals surface area contributed by atoms with Gasteiger partial charge in [-0.15, -0.1) is 0 Å². The molecule has 0 aliphatic heterocycles. The van der Waals surface area contributed by atoms with E-state index in [0.717, 1.165) is 10.2 Å². The van der Waals surface area contributed by atoms with Gasteiger partial charge < -0.3 is 10.1 Å². The Bertz CT molecular complexity index is 725. The molecule has 0 unspecified atom stereocenters. The van der Waals surface area contributed by atoms with Gasteiger partial charge in [-0.1, -0.05) is 0 Å². The van der Waals surface area contributed by atoms with Gasteiger partial charge in [0.2, 0.25) is 5.91 Å². The molecule has 0 saturated carbocycles. The van der Waals surface area contributed by atoms with Gasteiger partial charge in [-0.05, 0) is 28.9 Å². The lowest BCUT2D eigenvalue weighted by molar-refractivity contribution is -0.384. The lowest BCUT2D eigenvalue weighted by atomic mass is 10.2. The van der Waals surface area contributed by atoms with Crippen LogP contribution in [0.1, 0.15) is 12.1 Å². The maximum absolute atomic E-state index is 12.0. The number of aromatic nitrogens is 2. The van der Waals surface area contributed by atoms with Crippen molar-refractivity contribution in [3.63, 3.8) is 0 Å². The van der Waals surface area contributed by atoms with Gasteiger partial charge >= 0.3 is 0 Å². The number of carbonyl (C=O) groups excluding carboxylic acids is 1. The first kappa shape index (κ1) is 16.9. The number of aryl methyl sites for hydroxylation is 2. The van der Waals surface area contributed by atoms with E-state index in [4.69, 9.17) is 4.74 Å². The van der Waals surface area contributed by atoms with Crippen LogP contribution in [-0.2, 0) is 11.3 Å². The maximum Gasteiger partial charge on any atom is 0.273 e. The second kappa shape index (κ2) is 7.23. The maximum atomic E-state index is 12.0. The number of ether oxygens (including phenoxy) is 1. The summed E-state index contributed by atoms with van der Waals surface area (Å²) >= 11 is 3.36. The van der Waals surface area contributed by atoms with Crippen molar-refractivity contribution < 1.29 is 14.5 Å². The number of rotatable bonds is 6. The first-order valence-corrected chi connectivity index (χ1v) is 7.52. The van der Waals surface area contributed by atoms with Crippen LogP contribution < -0.4 is 10.1 Å². The highest BCUT2D eigenvalue weighted by molar-refractivity contribution is 9.10. The number of halogens is 1. The highest BCUT2D eigenvalue weighted by Crippen LogP contribution is 2.29. The molecule has 2 rings (SSSR count). The van der Waals surface area contributed by atoms with E-state index >= 15 is 0 Å². The van der Waals surface area contributed by atoms with Crippen molar-refractivity contribution in [1.29, 1.82) is 0 Å². The van der Waals surface area contributed by atoms with Crippen LogP contribution in [-0.4, -0.2) is 27.7 Å². The zero-order chi connectivity index (χ0) is 17.0. The molecule has 8 nitrogen and oxygen atoms in total. The van der Waals surface area contributed by atoms with Crippen LogP contribution in [0.4, 0.5) is 11.4 Å². The molecule has 1 heterocycles. The number of carbonyl (C=O) groups is 1. The van der Waals surface area contributed by atoms with Crippen molar-refractivity contribution in [2.45, 2.75) is 19.9 Å². The summed E-state index contributed by atoms with van der Waals surface area (Å²) in [4.78, 5) is 22.2. The number of nitrogens with zero attached hydrogens (tertiary/aromatic N) is 3. The van der Waals surface area contributed by atoms with Gasteiger partial charge in [-0.3, -0.25) is 19.6 Å². The van der Waals surface area contributed by atoms with Gasteiger partial charge in [0.1, 0.15) is 5.75 Å². The van der Waals surface area contributed by atoms with E-state index in [1.807, 2.05) is 6.92 Å². The number of non-ortho nitro benzene ring substituents is 1. The Labute approximate surface area is 140 Å². The minimum atomic E-state index is -0.522. The Balaban J connectivity index is 2.00. The van der Waals surface area contributed by atoms with E-state index in [0.29, 0.717) is 12.2 Å².